The van der Waals surface area contributed by atoms with E-state index >= 15 is 0 Å². The van der Waals surface area contributed by atoms with Crippen LogP contribution in [-0.2, 0) is 0 Å². The van der Waals surface area contributed by atoms with Crippen molar-refractivity contribution >= 4 is 46.1 Å². The maximum Gasteiger partial charge on any atom is 0.0942 e. The molecule has 2 rings (SSSR count). The minimum atomic E-state index is -0.226. The standard InChI is InChI=1S/C11H7Cl3S/c12-8-4-1-3-7(10(8)13)11(14)9-5-2-6-15-9/h1-6,11H. The number of benzene rings is 1. The number of thiophene rings is 1. The predicted octanol–water partition coefficient (Wildman–Crippen LogP) is 5.38. The summed E-state index contributed by atoms with van der Waals surface area (Å²) < 4.78 is 0. The smallest absolute Gasteiger partial charge is 0.0942 e. The molecule has 1 aromatic carbocycles. The highest BCUT2D eigenvalue weighted by Crippen LogP contribution is 2.38. The average Bonchev–Trinajstić information content (AvgIpc) is 2.74. The fourth-order valence-corrected chi connectivity index (χ4v) is 2.90. The van der Waals surface area contributed by atoms with Gasteiger partial charge in [0.25, 0.3) is 0 Å². The molecule has 0 aliphatic heterocycles. The Balaban J connectivity index is 2.42. The average molecular weight is 278 g/mol. The molecule has 15 heavy (non-hydrogen) atoms. The summed E-state index contributed by atoms with van der Waals surface area (Å²) in [6.07, 6.45) is 0. The third kappa shape index (κ3) is 2.31. The first-order valence-corrected chi connectivity index (χ1v) is 6.38. The fourth-order valence-electron chi connectivity index (χ4n) is 1.30. The molecule has 0 amide bonds. The van der Waals surface area contributed by atoms with E-state index < -0.39 is 0 Å². The molecule has 0 saturated carbocycles. The molecular formula is C11H7Cl3S. The van der Waals surface area contributed by atoms with Crippen LogP contribution in [0.2, 0.25) is 10.0 Å². The van der Waals surface area contributed by atoms with Gasteiger partial charge in [-0.05, 0) is 23.1 Å². The molecule has 0 aliphatic carbocycles. The first-order chi connectivity index (χ1) is 7.20. The number of hydrogen-bond donors (Lipinski definition) is 0. The van der Waals surface area contributed by atoms with Gasteiger partial charge in [-0.25, -0.2) is 0 Å². The Kier molecular flexibility index (Phi) is 3.57. The molecule has 1 aromatic heterocycles. The van der Waals surface area contributed by atoms with Crippen molar-refractivity contribution in [3.8, 4) is 0 Å². The van der Waals surface area contributed by atoms with Crippen LogP contribution in [-0.4, -0.2) is 0 Å². The van der Waals surface area contributed by atoms with Gasteiger partial charge in [-0.3, -0.25) is 0 Å². The molecule has 0 radical (unpaired) electrons. The molecule has 0 N–H and O–H groups in total. The lowest BCUT2D eigenvalue weighted by molar-refractivity contribution is 1.18. The van der Waals surface area contributed by atoms with E-state index in [2.05, 4.69) is 0 Å². The molecule has 1 unspecified atom stereocenters. The summed E-state index contributed by atoms with van der Waals surface area (Å²) >= 11 is 19.9. The van der Waals surface area contributed by atoms with Crippen LogP contribution in [0.4, 0.5) is 0 Å². The Morgan fingerprint density at radius 3 is 2.53 bits per heavy atom. The highest BCUT2D eigenvalue weighted by atomic mass is 35.5. The van der Waals surface area contributed by atoms with Gasteiger partial charge in [0.2, 0.25) is 0 Å². The van der Waals surface area contributed by atoms with E-state index in [1.165, 1.54) is 0 Å². The molecule has 1 atom stereocenters. The van der Waals surface area contributed by atoms with Crippen molar-refractivity contribution < 1.29 is 0 Å². The second kappa shape index (κ2) is 4.75. The van der Waals surface area contributed by atoms with Crippen LogP contribution in [0.25, 0.3) is 0 Å². The minimum absolute atomic E-state index is 0.226. The second-order valence-corrected chi connectivity index (χ2v) is 5.22. The second-order valence-electron chi connectivity index (χ2n) is 3.02. The Labute approximate surface area is 107 Å². The maximum atomic E-state index is 6.32. The van der Waals surface area contributed by atoms with Gasteiger partial charge in [0.1, 0.15) is 0 Å². The Bertz CT molecular complexity index is 451. The van der Waals surface area contributed by atoms with Gasteiger partial charge >= 0.3 is 0 Å². The van der Waals surface area contributed by atoms with Crippen LogP contribution in [0, 0.1) is 0 Å². The molecule has 0 spiro atoms. The van der Waals surface area contributed by atoms with Gasteiger partial charge < -0.3 is 0 Å². The summed E-state index contributed by atoms with van der Waals surface area (Å²) in [4.78, 5) is 1.07. The lowest BCUT2D eigenvalue weighted by atomic mass is 10.1. The van der Waals surface area contributed by atoms with Gasteiger partial charge in [-0.15, -0.1) is 22.9 Å². The minimum Gasteiger partial charge on any atom is -0.147 e. The SMILES string of the molecule is Clc1cccc(C(Cl)c2cccs2)c1Cl. The summed E-state index contributed by atoms with van der Waals surface area (Å²) in [5, 5.41) is 2.84. The van der Waals surface area contributed by atoms with Crippen molar-refractivity contribution in [1.29, 1.82) is 0 Å². The van der Waals surface area contributed by atoms with E-state index in [1.807, 2.05) is 29.6 Å². The lowest BCUT2D eigenvalue weighted by Crippen LogP contribution is -1.91. The number of halogens is 3. The van der Waals surface area contributed by atoms with Crippen molar-refractivity contribution in [3.63, 3.8) is 0 Å². The zero-order valence-corrected chi connectivity index (χ0v) is 10.7. The summed E-state index contributed by atoms with van der Waals surface area (Å²) in [5.74, 6) is 0. The van der Waals surface area contributed by atoms with Gasteiger partial charge in [0.15, 0.2) is 0 Å². The molecule has 1 heterocycles. The Morgan fingerprint density at radius 2 is 1.87 bits per heavy atom. The molecule has 0 nitrogen and oxygen atoms in total. The van der Waals surface area contributed by atoms with Gasteiger partial charge in [-0.2, -0.15) is 0 Å². The third-order valence-electron chi connectivity index (χ3n) is 2.05. The van der Waals surface area contributed by atoms with Crippen LogP contribution in [0.1, 0.15) is 15.8 Å². The van der Waals surface area contributed by atoms with Gasteiger partial charge in [0.05, 0.1) is 15.4 Å². The molecule has 0 saturated heterocycles. The molecule has 0 fully saturated rings. The van der Waals surface area contributed by atoms with E-state index in [9.17, 15) is 0 Å². The molecule has 4 heteroatoms. The van der Waals surface area contributed by atoms with E-state index in [-0.39, 0.29) is 5.38 Å². The summed E-state index contributed by atoms with van der Waals surface area (Å²) in [6.45, 7) is 0. The molecular weight excluding hydrogens is 271 g/mol. The molecule has 0 aliphatic rings. The topological polar surface area (TPSA) is 0 Å². The highest BCUT2D eigenvalue weighted by molar-refractivity contribution is 7.10. The van der Waals surface area contributed by atoms with Gasteiger partial charge in [-0.1, -0.05) is 41.4 Å². The van der Waals surface area contributed by atoms with Crippen LogP contribution in [0.15, 0.2) is 35.7 Å². The fraction of sp³-hybridized carbons (Fsp3) is 0.0909. The molecule has 0 bridgehead atoms. The first-order valence-electron chi connectivity index (χ1n) is 4.31. The van der Waals surface area contributed by atoms with E-state index in [4.69, 9.17) is 34.8 Å². The zero-order chi connectivity index (χ0) is 10.8. The monoisotopic (exact) mass is 276 g/mol. The van der Waals surface area contributed by atoms with E-state index in [0.717, 1.165) is 10.4 Å². The summed E-state index contributed by atoms with van der Waals surface area (Å²) in [6, 6.07) is 9.46. The van der Waals surface area contributed by atoms with Crippen molar-refractivity contribution in [2.75, 3.05) is 0 Å². The third-order valence-corrected chi connectivity index (χ3v) is 4.42. The molecule has 2 aromatic rings. The van der Waals surface area contributed by atoms with Crippen LogP contribution in [0.5, 0.6) is 0 Å². The van der Waals surface area contributed by atoms with Crippen LogP contribution < -0.4 is 0 Å². The number of hydrogen-bond acceptors (Lipinski definition) is 1. The number of alkyl halides is 1. The quantitative estimate of drug-likeness (QED) is 0.646. The van der Waals surface area contributed by atoms with Crippen molar-refractivity contribution in [3.05, 3.63) is 56.2 Å². The Morgan fingerprint density at radius 1 is 1.07 bits per heavy atom. The predicted molar refractivity (Wildman–Crippen MR) is 68.5 cm³/mol. The van der Waals surface area contributed by atoms with Crippen molar-refractivity contribution in [1.82, 2.24) is 0 Å². The normalized spacial score (nSPS) is 12.7. The number of rotatable bonds is 2. The summed E-state index contributed by atoms with van der Waals surface area (Å²) in [5.41, 5.74) is 0.855. The molecule has 78 valence electrons. The first kappa shape index (κ1) is 11.3. The zero-order valence-electron chi connectivity index (χ0n) is 7.58. The van der Waals surface area contributed by atoms with Crippen LogP contribution >= 0.6 is 46.1 Å². The highest BCUT2D eigenvalue weighted by Gasteiger charge is 2.16. The van der Waals surface area contributed by atoms with E-state index in [0.29, 0.717) is 10.0 Å². The van der Waals surface area contributed by atoms with Crippen LogP contribution in [0.3, 0.4) is 0 Å². The lowest BCUT2D eigenvalue weighted by Gasteiger charge is -2.10. The van der Waals surface area contributed by atoms with Crippen molar-refractivity contribution in [2.45, 2.75) is 5.38 Å². The maximum absolute atomic E-state index is 6.32. The largest absolute Gasteiger partial charge is 0.147 e. The van der Waals surface area contributed by atoms with Crippen molar-refractivity contribution in [2.24, 2.45) is 0 Å². The Hall–Kier alpha value is -0.210. The van der Waals surface area contributed by atoms with E-state index in [1.54, 1.807) is 17.4 Å². The summed E-state index contributed by atoms with van der Waals surface area (Å²) in [7, 11) is 0. The van der Waals surface area contributed by atoms with Gasteiger partial charge in [0, 0.05) is 4.88 Å².